The molecule has 37 heavy (non-hydrogen) atoms. The van der Waals surface area contributed by atoms with Crippen molar-refractivity contribution in [2.75, 3.05) is 12.4 Å². The van der Waals surface area contributed by atoms with E-state index in [2.05, 4.69) is 4.98 Å². The fourth-order valence-electron chi connectivity index (χ4n) is 4.79. The topological polar surface area (TPSA) is 96.0 Å². The number of carbonyl (C=O) groups is 1. The van der Waals surface area contributed by atoms with Gasteiger partial charge in [0, 0.05) is 18.2 Å². The zero-order chi connectivity index (χ0) is 25.8. The summed E-state index contributed by atoms with van der Waals surface area (Å²) in [5.74, 6) is -0.392. The summed E-state index contributed by atoms with van der Waals surface area (Å²) in [5.41, 5.74) is 3.26. The van der Waals surface area contributed by atoms with Crippen molar-refractivity contribution in [2.45, 2.75) is 36.9 Å². The SMILES string of the molecule is CCOC(=O)C1=C(O)CC(c2ccccc2)N(C(O)CSc2nc3ccccc3o2)C1c1ccccc1. The second kappa shape index (κ2) is 11.2. The molecule has 3 atom stereocenters. The van der Waals surface area contributed by atoms with E-state index >= 15 is 0 Å². The van der Waals surface area contributed by atoms with E-state index in [9.17, 15) is 15.0 Å². The second-order valence-corrected chi connectivity index (χ2v) is 9.68. The van der Waals surface area contributed by atoms with Crippen molar-refractivity contribution in [1.82, 2.24) is 9.88 Å². The van der Waals surface area contributed by atoms with Crippen molar-refractivity contribution in [3.8, 4) is 0 Å². The molecule has 2 N–H and O–H groups in total. The molecule has 0 bridgehead atoms. The molecule has 3 unspecified atom stereocenters. The van der Waals surface area contributed by atoms with Gasteiger partial charge in [0.15, 0.2) is 5.58 Å². The van der Waals surface area contributed by atoms with Gasteiger partial charge in [-0.15, -0.1) is 0 Å². The third kappa shape index (κ3) is 5.27. The Morgan fingerprint density at radius 2 is 1.70 bits per heavy atom. The Labute approximate surface area is 219 Å². The molecule has 3 aromatic carbocycles. The van der Waals surface area contributed by atoms with E-state index in [1.165, 1.54) is 11.8 Å². The molecule has 7 nitrogen and oxygen atoms in total. The van der Waals surface area contributed by atoms with Crippen LogP contribution in [0.25, 0.3) is 11.1 Å². The Balaban J connectivity index is 1.54. The number of rotatable bonds is 8. The van der Waals surface area contributed by atoms with Gasteiger partial charge in [-0.2, -0.15) is 0 Å². The lowest BCUT2D eigenvalue weighted by Crippen LogP contribution is -2.47. The smallest absolute Gasteiger partial charge is 0.339 e. The quantitative estimate of drug-likeness (QED) is 0.224. The van der Waals surface area contributed by atoms with Crippen LogP contribution in [0.1, 0.15) is 36.6 Å². The van der Waals surface area contributed by atoms with E-state index in [0.29, 0.717) is 10.8 Å². The predicted molar refractivity (Wildman–Crippen MR) is 142 cm³/mol. The lowest BCUT2D eigenvalue weighted by atomic mass is 9.85. The number of aromatic nitrogens is 1. The maximum absolute atomic E-state index is 13.1. The van der Waals surface area contributed by atoms with Crippen LogP contribution in [0.15, 0.2) is 106 Å². The van der Waals surface area contributed by atoms with Gasteiger partial charge in [-0.3, -0.25) is 4.90 Å². The zero-order valence-electron chi connectivity index (χ0n) is 20.4. The van der Waals surface area contributed by atoms with Crippen LogP contribution in [0.3, 0.4) is 0 Å². The van der Waals surface area contributed by atoms with Crippen LogP contribution in [0.4, 0.5) is 0 Å². The Kier molecular flexibility index (Phi) is 7.60. The van der Waals surface area contributed by atoms with Gasteiger partial charge in [0.2, 0.25) is 0 Å². The van der Waals surface area contributed by atoms with Crippen molar-refractivity contribution >= 4 is 28.8 Å². The van der Waals surface area contributed by atoms with Crippen molar-refractivity contribution in [1.29, 1.82) is 0 Å². The molecule has 0 saturated carbocycles. The average Bonchev–Trinajstić information content (AvgIpc) is 3.35. The Hall–Kier alpha value is -3.59. The highest BCUT2D eigenvalue weighted by molar-refractivity contribution is 7.99. The van der Waals surface area contributed by atoms with E-state index in [4.69, 9.17) is 9.15 Å². The summed E-state index contributed by atoms with van der Waals surface area (Å²) in [4.78, 5) is 19.5. The molecule has 190 valence electrons. The summed E-state index contributed by atoms with van der Waals surface area (Å²) < 4.78 is 11.2. The van der Waals surface area contributed by atoms with Gasteiger partial charge >= 0.3 is 5.97 Å². The fraction of sp³-hybridized carbons (Fsp3) is 0.241. The first-order valence-electron chi connectivity index (χ1n) is 12.2. The molecule has 8 heteroatoms. The number of fused-ring (bicyclic) bond motifs is 1. The number of carbonyl (C=O) groups excluding carboxylic acids is 1. The monoisotopic (exact) mass is 516 g/mol. The number of aliphatic hydroxyl groups excluding tert-OH is 2. The Bertz CT molecular complexity index is 1360. The molecule has 0 aliphatic carbocycles. The van der Waals surface area contributed by atoms with E-state index in [1.807, 2.05) is 89.8 Å². The average molecular weight is 517 g/mol. The maximum Gasteiger partial charge on any atom is 0.339 e. The van der Waals surface area contributed by atoms with Crippen molar-refractivity contribution < 1.29 is 24.2 Å². The van der Waals surface area contributed by atoms with Crippen molar-refractivity contribution in [3.05, 3.63) is 107 Å². The lowest BCUT2D eigenvalue weighted by molar-refractivity contribution is -0.141. The van der Waals surface area contributed by atoms with E-state index in [0.717, 1.165) is 16.6 Å². The molecule has 1 aliphatic rings. The predicted octanol–water partition coefficient (Wildman–Crippen LogP) is 5.80. The molecular formula is C29H28N2O5S. The summed E-state index contributed by atoms with van der Waals surface area (Å²) in [6.07, 6.45) is -0.848. The van der Waals surface area contributed by atoms with Gasteiger partial charge in [-0.1, -0.05) is 84.6 Å². The molecule has 0 saturated heterocycles. The zero-order valence-corrected chi connectivity index (χ0v) is 21.2. The largest absolute Gasteiger partial charge is 0.512 e. The number of hydrogen-bond acceptors (Lipinski definition) is 8. The minimum absolute atomic E-state index is 0.0313. The first kappa shape index (κ1) is 25.1. The van der Waals surface area contributed by atoms with Gasteiger partial charge in [0.1, 0.15) is 17.5 Å². The molecule has 1 aliphatic heterocycles. The van der Waals surface area contributed by atoms with Crippen LogP contribution in [0, 0.1) is 0 Å². The minimum Gasteiger partial charge on any atom is -0.512 e. The highest BCUT2D eigenvalue weighted by Crippen LogP contribution is 2.46. The molecular weight excluding hydrogens is 488 g/mol. The number of para-hydroxylation sites is 2. The number of thioether (sulfide) groups is 1. The fourth-order valence-corrected chi connectivity index (χ4v) is 5.56. The van der Waals surface area contributed by atoms with E-state index in [-0.39, 0.29) is 36.2 Å². The summed E-state index contributed by atoms with van der Waals surface area (Å²) in [7, 11) is 0. The molecule has 2 heterocycles. The van der Waals surface area contributed by atoms with E-state index in [1.54, 1.807) is 6.92 Å². The van der Waals surface area contributed by atoms with Gasteiger partial charge in [0.25, 0.3) is 5.22 Å². The van der Waals surface area contributed by atoms with Crippen LogP contribution < -0.4 is 0 Å². The van der Waals surface area contributed by atoms with Crippen molar-refractivity contribution in [2.24, 2.45) is 0 Å². The second-order valence-electron chi connectivity index (χ2n) is 8.71. The number of hydrogen-bond donors (Lipinski definition) is 2. The van der Waals surface area contributed by atoms with Gasteiger partial charge in [-0.25, -0.2) is 9.78 Å². The number of nitrogens with zero attached hydrogens (tertiary/aromatic N) is 2. The first-order valence-corrected chi connectivity index (χ1v) is 13.2. The van der Waals surface area contributed by atoms with Gasteiger partial charge in [0.05, 0.1) is 18.2 Å². The minimum atomic E-state index is -1.01. The molecule has 0 amide bonds. The molecule has 0 fully saturated rings. The maximum atomic E-state index is 13.1. The summed E-state index contributed by atoms with van der Waals surface area (Å²) in [6.45, 7) is 1.90. The number of aliphatic hydroxyl groups is 2. The number of benzene rings is 3. The lowest BCUT2D eigenvalue weighted by Gasteiger charge is -2.45. The van der Waals surface area contributed by atoms with Crippen LogP contribution in [-0.2, 0) is 9.53 Å². The highest BCUT2D eigenvalue weighted by atomic mass is 32.2. The molecule has 5 rings (SSSR count). The third-order valence-electron chi connectivity index (χ3n) is 6.40. The van der Waals surface area contributed by atoms with Gasteiger partial charge in [-0.05, 0) is 30.2 Å². The molecule has 0 spiro atoms. The Morgan fingerprint density at radius 1 is 1.05 bits per heavy atom. The van der Waals surface area contributed by atoms with Gasteiger partial charge < -0.3 is 19.4 Å². The van der Waals surface area contributed by atoms with Crippen LogP contribution in [0.2, 0.25) is 0 Å². The number of ether oxygens (including phenoxy) is 1. The van der Waals surface area contributed by atoms with Crippen LogP contribution in [0.5, 0.6) is 0 Å². The third-order valence-corrected chi connectivity index (χ3v) is 7.28. The van der Waals surface area contributed by atoms with E-state index < -0.39 is 18.2 Å². The molecule has 1 aromatic heterocycles. The normalized spacial score (nSPS) is 19.2. The van der Waals surface area contributed by atoms with Crippen LogP contribution >= 0.6 is 11.8 Å². The van der Waals surface area contributed by atoms with Crippen molar-refractivity contribution in [3.63, 3.8) is 0 Å². The number of oxazole rings is 1. The summed E-state index contributed by atoms with van der Waals surface area (Å²) in [5, 5.41) is 23.3. The first-order chi connectivity index (χ1) is 18.1. The standard InChI is InChI=1S/C29H28N2O5S/c1-2-35-28(34)26-23(32)17-22(19-11-5-3-6-12-19)31(27(26)20-13-7-4-8-14-20)25(33)18-37-29-30-21-15-9-10-16-24(21)36-29/h3-16,22,25,27,32-33H,2,17-18H2,1H3. The highest BCUT2D eigenvalue weighted by Gasteiger charge is 2.44. The molecule has 0 radical (unpaired) electrons. The summed E-state index contributed by atoms with van der Waals surface area (Å²) >= 11 is 1.30. The van der Waals surface area contributed by atoms with Crippen LogP contribution in [-0.4, -0.2) is 44.7 Å². The Morgan fingerprint density at radius 3 is 2.38 bits per heavy atom. The number of esters is 1. The molecule has 4 aromatic rings. The summed E-state index contributed by atoms with van der Waals surface area (Å²) in [6, 6.07) is 25.5.